The van der Waals surface area contributed by atoms with Gasteiger partial charge in [0.1, 0.15) is 12.4 Å². The van der Waals surface area contributed by atoms with Gasteiger partial charge in [-0.15, -0.1) is 0 Å². The van der Waals surface area contributed by atoms with Crippen molar-refractivity contribution in [3.8, 4) is 5.75 Å². The van der Waals surface area contributed by atoms with Gasteiger partial charge in [-0.25, -0.2) is 0 Å². The van der Waals surface area contributed by atoms with E-state index in [-0.39, 0.29) is 0 Å². The van der Waals surface area contributed by atoms with Crippen LogP contribution in [0.15, 0.2) is 55.0 Å². The van der Waals surface area contributed by atoms with E-state index in [1.54, 1.807) is 6.20 Å². The molecule has 0 spiro atoms. The maximum atomic E-state index is 5.85. The van der Waals surface area contributed by atoms with Crippen molar-refractivity contribution < 1.29 is 4.74 Å². The first-order chi connectivity index (χ1) is 10.8. The second kappa shape index (κ2) is 5.15. The van der Waals surface area contributed by atoms with Gasteiger partial charge in [0.05, 0.1) is 16.7 Å². The number of ether oxygens (including phenoxy) is 1. The smallest absolute Gasteiger partial charge is 0.121 e. The Morgan fingerprint density at radius 1 is 1.09 bits per heavy atom. The monoisotopic (exact) mass is 289 g/mol. The number of hydrogen-bond donors (Lipinski definition) is 1. The van der Waals surface area contributed by atoms with Gasteiger partial charge in [0.15, 0.2) is 0 Å². The van der Waals surface area contributed by atoms with Crippen LogP contribution in [0.4, 0.5) is 0 Å². The standard InChI is InChI=1S/C18H15N3O/c1-12-18-16(6-8-20-12)15-5-4-14(9-17(15)21-18)22-11-13-3-2-7-19-10-13/h2-10,21H,11H2,1H3. The third-order valence-corrected chi connectivity index (χ3v) is 3.81. The van der Waals surface area contributed by atoms with Crippen LogP contribution in [0, 0.1) is 6.92 Å². The van der Waals surface area contributed by atoms with E-state index < -0.39 is 0 Å². The zero-order chi connectivity index (χ0) is 14.9. The zero-order valence-corrected chi connectivity index (χ0v) is 12.2. The van der Waals surface area contributed by atoms with E-state index in [2.05, 4.69) is 21.0 Å². The predicted octanol–water partition coefficient (Wildman–Crippen LogP) is 4.00. The number of aryl methyl sites for hydroxylation is 1. The van der Waals surface area contributed by atoms with Crippen LogP contribution in [0.5, 0.6) is 5.75 Å². The van der Waals surface area contributed by atoms with E-state index in [4.69, 9.17) is 4.74 Å². The molecule has 0 aliphatic carbocycles. The summed E-state index contributed by atoms with van der Waals surface area (Å²) in [5.74, 6) is 0.841. The van der Waals surface area contributed by atoms with Crippen LogP contribution in [0.3, 0.4) is 0 Å². The highest BCUT2D eigenvalue weighted by Gasteiger charge is 2.07. The lowest BCUT2D eigenvalue weighted by atomic mass is 10.1. The molecule has 0 saturated carbocycles. The summed E-state index contributed by atoms with van der Waals surface area (Å²) in [7, 11) is 0. The van der Waals surface area contributed by atoms with Crippen LogP contribution in [0.25, 0.3) is 21.8 Å². The summed E-state index contributed by atoms with van der Waals surface area (Å²) in [6.07, 6.45) is 5.42. The Morgan fingerprint density at radius 2 is 2.05 bits per heavy atom. The first kappa shape index (κ1) is 12.8. The lowest BCUT2D eigenvalue weighted by Crippen LogP contribution is -1.95. The number of aromatic amines is 1. The molecule has 0 unspecified atom stereocenters. The number of nitrogens with one attached hydrogen (secondary N) is 1. The van der Waals surface area contributed by atoms with Crippen molar-refractivity contribution in [1.82, 2.24) is 15.0 Å². The van der Waals surface area contributed by atoms with Gasteiger partial charge in [-0.05, 0) is 31.2 Å². The van der Waals surface area contributed by atoms with Crippen LogP contribution in [-0.4, -0.2) is 15.0 Å². The summed E-state index contributed by atoms with van der Waals surface area (Å²) in [6.45, 7) is 2.53. The molecule has 4 rings (SSSR count). The number of H-pyrrole nitrogens is 1. The second-order valence-corrected chi connectivity index (χ2v) is 5.30. The molecule has 0 saturated heterocycles. The lowest BCUT2D eigenvalue weighted by molar-refractivity contribution is 0.306. The van der Waals surface area contributed by atoms with Gasteiger partial charge < -0.3 is 9.72 Å². The average Bonchev–Trinajstić information content (AvgIpc) is 2.93. The van der Waals surface area contributed by atoms with Gasteiger partial charge in [0.2, 0.25) is 0 Å². The molecular formula is C18H15N3O. The number of nitrogens with zero attached hydrogens (tertiary/aromatic N) is 2. The molecule has 3 aromatic heterocycles. The van der Waals surface area contributed by atoms with Gasteiger partial charge in [-0.1, -0.05) is 6.07 Å². The Hall–Kier alpha value is -2.88. The van der Waals surface area contributed by atoms with Crippen LogP contribution in [0.1, 0.15) is 11.3 Å². The topological polar surface area (TPSA) is 50.8 Å². The summed E-state index contributed by atoms with van der Waals surface area (Å²) in [4.78, 5) is 11.9. The molecule has 3 heterocycles. The summed E-state index contributed by atoms with van der Waals surface area (Å²) in [6, 6.07) is 12.1. The highest BCUT2D eigenvalue weighted by atomic mass is 16.5. The van der Waals surface area contributed by atoms with Gasteiger partial charge in [0, 0.05) is 41.0 Å². The Kier molecular flexibility index (Phi) is 3.00. The Morgan fingerprint density at radius 3 is 2.91 bits per heavy atom. The Bertz CT molecular complexity index is 945. The minimum absolute atomic E-state index is 0.514. The minimum Gasteiger partial charge on any atom is -0.489 e. The molecule has 0 bridgehead atoms. The fraction of sp³-hybridized carbons (Fsp3) is 0.111. The lowest BCUT2D eigenvalue weighted by Gasteiger charge is -2.05. The van der Waals surface area contributed by atoms with Crippen molar-refractivity contribution in [3.63, 3.8) is 0 Å². The molecule has 0 radical (unpaired) electrons. The Labute approximate surface area is 127 Å². The molecule has 0 aliphatic rings. The summed E-state index contributed by atoms with van der Waals surface area (Å²) < 4.78 is 5.85. The van der Waals surface area contributed by atoms with E-state index in [1.165, 1.54) is 10.8 Å². The third kappa shape index (κ3) is 2.19. The minimum atomic E-state index is 0.514. The third-order valence-electron chi connectivity index (χ3n) is 3.81. The van der Waals surface area contributed by atoms with Crippen LogP contribution in [0.2, 0.25) is 0 Å². The molecule has 1 N–H and O–H groups in total. The van der Waals surface area contributed by atoms with Crippen molar-refractivity contribution in [3.05, 3.63) is 66.2 Å². The SMILES string of the molecule is Cc1nccc2c1[nH]c1cc(OCc3cccnc3)ccc12. The fourth-order valence-electron chi connectivity index (χ4n) is 2.68. The predicted molar refractivity (Wildman–Crippen MR) is 86.9 cm³/mol. The molecule has 1 aromatic carbocycles. The van der Waals surface area contributed by atoms with Gasteiger partial charge in [0.25, 0.3) is 0 Å². The second-order valence-electron chi connectivity index (χ2n) is 5.30. The molecule has 0 atom stereocenters. The van der Waals surface area contributed by atoms with Crippen molar-refractivity contribution in [2.75, 3.05) is 0 Å². The Balaban J connectivity index is 1.69. The van der Waals surface area contributed by atoms with Gasteiger partial charge >= 0.3 is 0 Å². The van der Waals surface area contributed by atoms with E-state index in [0.29, 0.717) is 6.61 Å². The maximum absolute atomic E-state index is 5.85. The maximum Gasteiger partial charge on any atom is 0.121 e. The fourth-order valence-corrected chi connectivity index (χ4v) is 2.68. The molecule has 22 heavy (non-hydrogen) atoms. The molecular weight excluding hydrogens is 274 g/mol. The summed E-state index contributed by atoms with van der Waals surface area (Å²) in [5, 5.41) is 2.38. The van der Waals surface area contributed by atoms with Gasteiger partial charge in [-0.2, -0.15) is 0 Å². The number of benzene rings is 1. The average molecular weight is 289 g/mol. The quantitative estimate of drug-likeness (QED) is 0.620. The number of rotatable bonds is 3. The zero-order valence-electron chi connectivity index (χ0n) is 12.2. The van der Waals surface area contributed by atoms with E-state index in [1.807, 2.05) is 49.6 Å². The number of aromatic nitrogens is 3. The van der Waals surface area contributed by atoms with Crippen molar-refractivity contribution in [2.45, 2.75) is 13.5 Å². The van der Waals surface area contributed by atoms with Crippen LogP contribution in [-0.2, 0) is 6.61 Å². The summed E-state index contributed by atoms with van der Waals surface area (Å²) >= 11 is 0. The van der Waals surface area contributed by atoms with Crippen LogP contribution < -0.4 is 4.74 Å². The molecule has 4 nitrogen and oxygen atoms in total. The van der Waals surface area contributed by atoms with Crippen LogP contribution >= 0.6 is 0 Å². The van der Waals surface area contributed by atoms with E-state index in [0.717, 1.165) is 28.0 Å². The molecule has 4 aromatic rings. The van der Waals surface area contributed by atoms with E-state index >= 15 is 0 Å². The van der Waals surface area contributed by atoms with Crippen molar-refractivity contribution in [2.24, 2.45) is 0 Å². The van der Waals surface area contributed by atoms with Gasteiger partial charge in [-0.3, -0.25) is 9.97 Å². The molecule has 108 valence electrons. The number of pyridine rings is 2. The largest absolute Gasteiger partial charge is 0.489 e. The highest BCUT2D eigenvalue weighted by molar-refractivity contribution is 6.08. The number of hydrogen-bond acceptors (Lipinski definition) is 3. The first-order valence-corrected chi connectivity index (χ1v) is 7.20. The normalized spacial score (nSPS) is 11.1. The number of fused-ring (bicyclic) bond motifs is 3. The molecule has 0 aliphatic heterocycles. The molecule has 4 heteroatoms. The molecule has 0 fully saturated rings. The summed E-state index contributed by atoms with van der Waals surface area (Å²) in [5.41, 5.74) is 4.21. The first-order valence-electron chi connectivity index (χ1n) is 7.20. The van der Waals surface area contributed by atoms with Crippen molar-refractivity contribution >= 4 is 21.8 Å². The van der Waals surface area contributed by atoms with E-state index in [9.17, 15) is 0 Å². The van der Waals surface area contributed by atoms with Crippen molar-refractivity contribution in [1.29, 1.82) is 0 Å². The molecule has 0 amide bonds. The highest BCUT2D eigenvalue weighted by Crippen LogP contribution is 2.29.